The molecule has 5 rings (SSSR count). The number of hydrogen-bond acceptors (Lipinski definition) is 8. The van der Waals surface area contributed by atoms with Crippen molar-refractivity contribution in [1.29, 1.82) is 0 Å². The predicted molar refractivity (Wildman–Crippen MR) is 113 cm³/mol. The number of aromatic nitrogens is 4. The van der Waals surface area contributed by atoms with E-state index in [1.165, 1.54) is 6.33 Å². The number of pyridine rings is 2. The Bertz CT molecular complexity index is 1200. The van der Waals surface area contributed by atoms with Crippen LogP contribution in [0.4, 0.5) is 5.82 Å². The summed E-state index contributed by atoms with van der Waals surface area (Å²) in [5.41, 5.74) is 3.68. The van der Waals surface area contributed by atoms with E-state index >= 15 is 0 Å². The Hall–Kier alpha value is -3.78. The summed E-state index contributed by atoms with van der Waals surface area (Å²) in [6.07, 6.45) is 5.70. The molecule has 0 saturated carbocycles. The van der Waals surface area contributed by atoms with Gasteiger partial charge in [0.2, 0.25) is 0 Å². The third kappa shape index (κ3) is 3.60. The van der Waals surface area contributed by atoms with E-state index in [9.17, 15) is 0 Å². The van der Waals surface area contributed by atoms with Gasteiger partial charge in [0, 0.05) is 41.5 Å². The first kappa shape index (κ1) is 18.3. The van der Waals surface area contributed by atoms with Crippen LogP contribution in [-0.2, 0) is 6.42 Å². The van der Waals surface area contributed by atoms with Crippen LogP contribution in [-0.4, -0.2) is 39.7 Å². The van der Waals surface area contributed by atoms with E-state index in [1.54, 1.807) is 17.4 Å². The fourth-order valence-corrected chi connectivity index (χ4v) is 3.45. The highest BCUT2D eigenvalue weighted by atomic mass is 16.6. The third-order valence-electron chi connectivity index (χ3n) is 4.99. The van der Waals surface area contributed by atoms with Crippen molar-refractivity contribution < 1.29 is 9.47 Å². The van der Waals surface area contributed by atoms with Crippen molar-refractivity contribution in [1.82, 2.24) is 19.9 Å². The number of hydrogen-bond donors (Lipinski definition) is 1. The Morgan fingerprint density at radius 2 is 1.87 bits per heavy atom. The van der Waals surface area contributed by atoms with Gasteiger partial charge in [-0.25, -0.2) is 20.8 Å². The Morgan fingerprint density at radius 1 is 0.933 bits per heavy atom. The van der Waals surface area contributed by atoms with Crippen molar-refractivity contribution in [2.45, 2.75) is 6.42 Å². The summed E-state index contributed by atoms with van der Waals surface area (Å²) in [6, 6.07) is 13.8. The van der Waals surface area contributed by atoms with Crippen LogP contribution in [0, 0.1) is 0 Å². The molecule has 0 amide bonds. The molecule has 0 fully saturated rings. The second-order valence-electron chi connectivity index (χ2n) is 6.92. The number of anilines is 1. The minimum atomic E-state index is 0.514. The van der Waals surface area contributed by atoms with E-state index in [-0.39, 0.29) is 0 Å². The zero-order valence-electron chi connectivity index (χ0n) is 16.2. The van der Waals surface area contributed by atoms with Crippen molar-refractivity contribution in [3.05, 3.63) is 66.7 Å². The van der Waals surface area contributed by atoms with Crippen LogP contribution in [0.3, 0.4) is 0 Å². The van der Waals surface area contributed by atoms with E-state index in [0.717, 1.165) is 27.7 Å². The molecule has 4 heterocycles. The van der Waals surface area contributed by atoms with Gasteiger partial charge >= 0.3 is 0 Å². The molecule has 8 heteroatoms. The SMILES string of the molecule is NN(CCc1ccnc2c1OCCO2)c1cc(-c2ccc3cccnc3c2)ncn1. The number of rotatable bonds is 5. The van der Waals surface area contributed by atoms with Gasteiger partial charge < -0.3 is 9.47 Å². The number of ether oxygens (including phenoxy) is 2. The Labute approximate surface area is 173 Å². The lowest BCUT2D eigenvalue weighted by Crippen LogP contribution is -2.34. The lowest BCUT2D eigenvalue weighted by Gasteiger charge is -2.22. The van der Waals surface area contributed by atoms with Gasteiger partial charge in [-0.05, 0) is 24.6 Å². The fourth-order valence-electron chi connectivity index (χ4n) is 3.45. The van der Waals surface area contributed by atoms with Gasteiger partial charge in [0.1, 0.15) is 25.4 Å². The van der Waals surface area contributed by atoms with Crippen LogP contribution in [0.5, 0.6) is 11.6 Å². The van der Waals surface area contributed by atoms with Crippen LogP contribution >= 0.6 is 0 Å². The van der Waals surface area contributed by atoms with Crippen molar-refractivity contribution >= 4 is 16.7 Å². The summed E-state index contributed by atoms with van der Waals surface area (Å²) in [5, 5.41) is 2.70. The molecule has 0 spiro atoms. The van der Waals surface area contributed by atoms with Crippen molar-refractivity contribution in [3.8, 4) is 22.9 Å². The highest BCUT2D eigenvalue weighted by Crippen LogP contribution is 2.31. The lowest BCUT2D eigenvalue weighted by atomic mass is 10.1. The topological polar surface area (TPSA) is 99.3 Å². The Kier molecular flexibility index (Phi) is 4.82. The molecule has 0 unspecified atom stereocenters. The number of nitrogens with two attached hydrogens (primary N) is 1. The molecule has 0 aliphatic carbocycles. The molecule has 3 aromatic heterocycles. The molecule has 8 nitrogen and oxygen atoms in total. The fraction of sp³-hybridized carbons (Fsp3) is 0.182. The summed E-state index contributed by atoms with van der Waals surface area (Å²) in [6.45, 7) is 1.59. The van der Waals surface area contributed by atoms with Gasteiger partial charge in [0.05, 0.1) is 11.2 Å². The molecular weight excluding hydrogens is 380 g/mol. The molecule has 0 radical (unpaired) electrons. The normalized spacial score (nSPS) is 12.7. The van der Waals surface area contributed by atoms with Gasteiger partial charge in [-0.15, -0.1) is 0 Å². The largest absolute Gasteiger partial charge is 0.484 e. The maximum absolute atomic E-state index is 6.30. The Morgan fingerprint density at radius 3 is 2.83 bits per heavy atom. The number of benzene rings is 1. The summed E-state index contributed by atoms with van der Waals surface area (Å²) in [4.78, 5) is 17.4. The Balaban J connectivity index is 1.35. The average molecular weight is 400 g/mol. The quantitative estimate of drug-likeness (QED) is 0.403. The molecule has 1 aromatic carbocycles. The molecule has 4 aromatic rings. The number of hydrazine groups is 1. The summed E-state index contributed by atoms with van der Waals surface area (Å²) >= 11 is 0. The first-order valence-electron chi connectivity index (χ1n) is 9.71. The molecule has 1 aliphatic heterocycles. The van der Waals surface area contributed by atoms with E-state index in [4.69, 9.17) is 15.3 Å². The minimum Gasteiger partial charge on any atom is -0.484 e. The van der Waals surface area contributed by atoms with Gasteiger partial charge in [0.25, 0.3) is 5.88 Å². The van der Waals surface area contributed by atoms with Gasteiger partial charge in [-0.2, -0.15) is 0 Å². The van der Waals surface area contributed by atoms with E-state index in [0.29, 0.717) is 43.6 Å². The second-order valence-corrected chi connectivity index (χ2v) is 6.92. The highest BCUT2D eigenvalue weighted by Gasteiger charge is 2.17. The molecule has 2 N–H and O–H groups in total. The molecule has 0 bridgehead atoms. The highest BCUT2D eigenvalue weighted by molar-refractivity contribution is 5.83. The summed E-state index contributed by atoms with van der Waals surface area (Å²) in [5.74, 6) is 8.18. The molecule has 1 aliphatic rings. The van der Waals surface area contributed by atoms with Crippen LogP contribution in [0.2, 0.25) is 0 Å². The molecule has 0 saturated heterocycles. The van der Waals surface area contributed by atoms with Crippen molar-refractivity contribution in [2.75, 3.05) is 24.8 Å². The van der Waals surface area contributed by atoms with E-state index in [2.05, 4.69) is 19.9 Å². The van der Waals surface area contributed by atoms with Crippen molar-refractivity contribution in [3.63, 3.8) is 0 Å². The molecular formula is C22H20N6O2. The predicted octanol–water partition coefficient (Wildman–Crippen LogP) is 2.78. The molecule has 150 valence electrons. The van der Waals surface area contributed by atoms with Gasteiger partial charge in [-0.1, -0.05) is 18.2 Å². The average Bonchev–Trinajstić information content (AvgIpc) is 2.82. The minimum absolute atomic E-state index is 0.514. The van der Waals surface area contributed by atoms with Crippen LogP contribution < -0.4 is 20.3 Å². The van der Waals surface area contributed by atoms with Crippen LogP contribution in [0.15, 0.2) is 61.2 Å². The van der Waals surface area contributed by atoms with E-state index < -0.39 is 0 Å². The molecule has 0 atom stereocenters. The van der Waals surface area contributed by atoms with Crippen LogP contribution in [0.25, 0.3) is 22.2 Å². The van der Waals surface area contributed by atoms with Crippen LogP contribution in [0.1, 0.15) is 5.56 Å². The zero-order valence-corrected chi connectivity index (χ0v) is 16.2. The maximum Gasteiger partial charge on any atom is 0.257 e. The van der Waals surface area contributed by atoms with Gasteiger partial charge in [-0.3, -0.25) is 9.99 Å². The third-order valence-corrected chi connectivity index (χ3v) is 4.99. The summed E-state index contributed by atoms with van der Waals surface area (Å²) < 4.78 is 11.3. The number of fused-ring (bicyclic) bond motifs is 2. The van der Waals surface area contributed by atoms with Crippen molar-refractivity contribution in [2.24, 2.45) is 5.84 Å². The zero-order chi connectivity index (χ0) is 20.3. The second kappa shape index (κ2) is 7.92. The van der Waals surface area contributed by atoms with Gasteiger partial charge in [0.15, 0.2) is 5.75 Å². The smallest absolute Gasteiger partial charge is 0.257 e. The molecule has 30 heavy (non-hydrogen) atoms. The maximum atomic E-state index is 6.30. The van der Waals surface area contributed by atoms with E-state index in [1.807, 2.05) is 42.5 Å². The summed E-state index contributed by atoms with van der Waals surface area (Å²) in [7, 11) is 0. The monoisotopic (exact) mass is 400 g/mol. The standard InChI is InChI=1S/C22H20N6O2/c23-28(9-6-16-5-8-25-22-21(16)29-10-11-30-22)20-13-19(26-14-27-20)17-4-3-15-2-1-7-24-18(15)12-17/h1-5,7-8,12-14H,6,9-11,23H2. The lowest BCUT2D eigenvalue weighted by molar-refractivity contribution is 0.163. The first-order valence-corrected chi connectivity index (χ1v) is 9.71. The first-order chi connectivity index (χ1) is 14.8. The number of nitrogens with zero attached hydrogens (tertiary/aromatic N) is 5.